The fraction of sp³-hybridized carbons (Fsp3) is 0.625. The summed E-state index contributed by atoms with van der Waals surface area (Å²) in [7, 11) is 2.20. The molecule has 0 radical (unpaired) electrons. The maximum atomic E-state index is 13.4. The number of halogens is 1. The molecule has 0 aromatic heterocycles. The van der Waals surface area contributed by atoms with Crippen LogP contribution in [0.3, 0.4) is 0 Å². The quantitative estimate of drug-likeness (QED) is 0.768. The van der Waals surface area contributed by atoms with Crippen LogP contribution in [0.15, 0.2) is 18.2 Å². The first-order valence-corrected chi connectivity index (χ1v) is 7.45. The summed E-state index contributed by atoms with van der Waals surface area (Å²) in [6, 6.07) is 5.89. The van der Waals surface area contributed by atoms with Gasteiger partial charge in [-0.15, -0.1) is 0 Å². The highest BCUT2D eigenvalue weighted by Crippen LogP contribution is 2.35. The summed E-state index contributed by atoms with van der Waals surface area (Å²) >= 11 is 0. The molecule has 1 saturated heterocycles. The highest BCUT2D eigenvalue weighted by Gasteiger charge is 2.27. The molecule has 1 unspecified atom stereocenters. The van der Waals surface area contributed by atoms with Crippen LogP contribution in [-0.2, 0) is 6.42 Å². The number of hydrogen-bond acceptors (Lipinski definition) is 2. The van der Waals surface area contributed by atoms with Gasteiger partial charge in [0.1, 0.15) is 5.82 Å². The zero-order valence-electron chi connectivity index (χ0n) is 11.7. The Hall–Kier alpha value is -0.930. The SMILES string of the molecule is CN1CCCN(C2CCCc3cc(F)ccc32)CC1. The minimum Gasteiger partial charge on any atom is -0.305 e. The lowest BCUT2D eigenvalue weighted by Crippen LogP contribution is -2.34. The van der Waals surface area contributed by atoms with Gasteiger partial charge in [0, 0.05) is 25.7 Å². The zero-order valence-corrected chi connectivity index (χ0v) is 11.7. The fourth-order valence-electron chi connectivity index (χ4n) is 3.51. The first-order valence-electron chi connectivity index (χ1n) is 7.45. The van der Waals surface area contributed by atoms with E-state index in [-0.39, 0.29) is 5.82 Å². The molecule has 1 atom stereocenters. The maximum absolute atomic E-state index is 13.4. The van der Waals surface area contributed by atoms with E-state index in [1.165, 1.54) is 43.5 Å². The second kappa shape index (κ2) is 5.59. The van der Waals surface area contributed by atoms with E-state index in [9.17, 15) is 4.39 Å². The molecule has 1 aliphatic heterocycles. The predicted molar refractivity (Wildman–Crippen MR) is 75.8 cm³/mol. The fourth-order valence-corrected chi connectivity index (χ4v) is 3.51. The molecule has 0 spiro atoms. The first kappa shape index (κ1) is 13.1. The molecule has 0 bridgehead atoms. The minimum absolute atomic E-state index is 0.0880. The molecule has 104 valence electrons. The van der Waals surface area contributed by atoms with Crippen LogP contribution >= 0.6 is 0 Å². The number of hydrogen-bond donors (Lipinski definition) is 0. The van der Waals surface area contributed by atoms with Crippen LogP contribution in [0.25, 0.3) is 0 Å². The van der Waals surface area contributed by atoms with Crippen LogP contribution in [0.4, 0.5) is 4.39 Å². The van der Waals surface area contributed by atoms with Gasteiger partial charge in [-0.05, 0) is 62.5 Å². The lowest BCUT2D eigenvalue weighted by Gasteiger charge is -2.35. The largest absolute Gasteiger partial charge is 0.305 e. The van der Waals surface area contributed by atoms with Gasteiger partial charge in [-0.3, -0.25) is 4.90 Å². The van der Waals surface area contributed by atoms with Gasteiger partial charge >= 0.3 is 0 Å². The van der Waals surface area contributed by atoms with Crippen LogP contribution in [0, 0.1) is 5.82 Å². The normalized spacial score (nSPS) is 25.9. The number of benzene rings is 1. The van der Waals surface area contributed by atoms with Crippen LogP contribution in [0.1, 0.15) is 36.4 Å². The Morgan fingerprint density at radius 1 is 1.11 bits per heavy atom. The van der Waals surface area contributed by atoms with E-state index in [1.54, 1.807) is 12.1 Å². The average Bonchev–Trinajstić information content (AvgIpc) is 2.62. The Morgan fingerprint density at radius 3 is 2.89 bits per heavy atom. The summed E-state index contributed by atoms with van der Waals surface area (Å²) in [5, 5.41) is 0. The van der Waals surface area contributed by atoms with E-state index in [0.29, 0.717) is 6.04 Å². The molecular formula is C16H23FN2. The molecule has 1 aromatic carbocycles. The molecule has 3 heteroatoms. The summed E-state index contributed by atoms with van der Waals surface area (Å²) in [6.45, 7) is 4.65. The van der Waals surface area contributed by atoms with Gasteiger partial charge in [-0.2, -0.15) is 0 Å². The van der Waals surface area contributed by atoms with E-state index in [4.69, 9.17) is 0 Å². The van der Waals surface area contributed by atoms with Gasteiger partial charge in [-0.25, -0.2) is 4.39 Å². The number of aryl methyl sites for hydroxylation is 1. The smallest absolute Gasteiger partial charge is 0.123 e. The van der Waals surface area contributed by atoms with Crippen LogP contribution in [0.2, 0.25) is 0 Å². The van der Waals surface area contributed by atoms with Crippen molar-refractivity contribution < 1.29 is 4.39 Å². The number of rotatable bonds is 1. The van der Waals surface area contributed by atoms with Crippen molar-refractivity contribution in [2.45, 2.75) is 31.7 Å². The summed E-state index contributed by atoms with van der Waals surface area (Å²) in [4.78, 5) is 5.02. The Bertz CT molecular complexity index is 446. The molecule has 2 aliphatic rings. The van der Waals surface area contributed by atoms with Crippen molar-refractivity contribution in [3.8, 4) is 0 Å². The Morgan fingerprint density at radius 2 is 2.00 bits per heavy atom. The number of likely N-dealkylation sites (N-methyl/N-ethyl adjacent to an activating group) is 1. The summed E-state index contributed by atoms with van der Waals surface area (Å²) in [6.07, 6.45) is 4.69. The maximum Gasteiger partial charge on any atom is 0.123 e. The molecule has 0 amide bonds. The standard InChI is InChI=1S/C16H23FN2/c1-18-8-3-9-19(11-10-18)16-5-2-4-13-12-14(17)6-7-15(13)16/h6-7,12,16H,2-5,8-11H2,1H3. The van der Waals surface area contributed by atoms with Crippen LogP contribution < -0.4 is 0 Å². The van der Waals surface area contributed by atoms with Gasteiger partial charge < -0.3 is 4.90 Å². The molecule has 1 aromatic rings. The lowest BCUT2D eigenvalue weighted by molar-refractivity contribution is 0.184. The first-order chi connectivity index (χ1) is 9.24. The highest BCUT2D eigenvalue weighted by atomic mass is 19.1. The Balaban J connectivity index is 1.82. The van der Waals surface area contributed by atoms with Gasteiger partial charge in [0.05, 0.1) is 0 Å². The van der Waals surface area contributed by atoms with E-state index in [0.717, 1.165) is 19.5 Å². The van der Waals surface area contributed by atoms with E-state index in [1.807, 2.05) is 6.07 Å². The van der Waals surface area contributed by atoms with Crippen LogP contribution in [0.5, 0.6) is 0 Å². The molecule has 1 fully saturated rings. The number of fused-ring (bicyclic) bond motifs is 1. The van der Waals surface area contributed by atoms with Crippen molar-refractivity contribution in [3.63, 3.8) is 0 Å². The number of nitrogens with zero attached hydrogens (tertiary/aromatic N) is 2. The summed E-state index contributed by atoms with van der Waals surface area (Å²) < 4.78 is 13.4. The zero-order chi connectivity index (χ0) is 13.2. The second-order valence-electron chi connectivity index (χ2n) is 5.94. The molecule has 19 heavy (non-hydrogen) atoms. The molecule has 1 heterocycles. The minimum atomic E-state index is -0.0880. The third kappa shape index (κ3) is 2.82. The third-order valence-corrected chi connectivity index (χ3v) is 4.58. The van der Waals surface area contributed by atoms with E-state index in [2.05, 4.69) is 16.8 Å². The third-order valence-electron chi connectivity index (χ3n) is 4.58. The van der Waals surface area contributed by atoms with Crippen molar-refractivity contribution in [1.29, 1.82) is 0 Å². The molecule has 0 saturated carbocycles. The average molecular weight is 262 g/mol. The van der Waals surface area contributed by atoms with Gasteiger partial charge in [0.15, 0.2) is 0 Å². The van der Waals surface area contributed by atoms with Crippen molar-refractivity contribution in [2.75, 3.05) is 33.2 Å². The Labute approximate surface area is 115 Å². The molecule has 1 aliphatic carbocycles. The van der Waals surface area contributed by atoms with Crippen molar-refractivity contribution in [3.05, 3.63) is 35.1 Å². The predicted octanol–water partition coefficient (Wildman–Crippen LogP) is 2.84. The van der Waals surface area contributed by atoms with Crippen molar-refractivity contribution >= 4 is 0 Å². The van der Waals surface area contributed by atoms with E-state index < -0.39 is 0 Å². The summed E-state index contributed by atoms with van der Waals surface area (Å²) in [5.41, 5.74) is 2.60. The van der Waals surface area contributed by atoms with Gasteiger partial charge in [0.25, 0.3) is 0 Å². The highest BCUT2D eigenvalue weighted by molar-refractivity contribution is 5.33. The molecule has 3 rings (SSSR count). The van der Waals surface area contributed by atoms with Gasteiger partial charge in [0.2, 0.25) is 0 Å². The molecule has 0 N–H and O–H groups in total. The molecule has 2 nitrogen and oxygen atoms in total. The van der Waals surface area contributed by atoms with Crippen molar-refractivity contribution in [2.24, 2.45) is 0 Å². The van der Waals surface area contributed by atoms with Crippen LogP contribution in [-0.4, -0.2) is 43.0 Å². The lowest BCUT2D eigenvalue weighted by atomic mass is 9.86. The van der Waals surface area contributed by atoms with Gasteiger partial charge in [-0.1, -0.05) is 6.07 Å². The monoisotopic (exact) mass is 262 g/mol. The second-order valence-corrected chi connectivity index (χ2v) is 5.94. The van der Waals surface area contributed by atoms with E-state index >= 15 is 0 Å². The Kier molecular flexibility index (Phi) is 3.85. The van der Waals surface area contributed by atoms with Crippen molar-refractivity contribution in [1.82, 2.24) is 9.80 Å². The summed E-state index contributed by atoms with van der Waals surface area (Å²) in [5.74, 6) is -0.0880. The molecular weight excluding hydrogens is 239 g/mol. The topological polar surface area (TPSA) is 6.48 Å².